The summed E-state index contributed by atoms with van der Waals surface area (Å²) in [5.41, 5.74) is 0. The number of quaternary nitrogens is 1. The Morgan fingerprint density at radius 1 is 1.10 bits per heavy atom. The SMILES string of the molecule is COC1CCCC2C(OC)C3C[C@H](C(C)C)OC3[NH+](C)C12. The number of likely N-dealkylation sites (N-methyl/N-ethyl adjacent to an activating group) is 1. The third-order valence-electron chi connectivity index (χ3n) is 6.24. The number of rotatable bonds is 3. The largest absolute Gasteiger partial charge is 0.380 e. The lowest BCUT2D eigenvalue weighted by molar-refractivity contribution is -0.971. The van der Waals surface area contributed by atoms with Gasteiger partial charge < -0.3 is 19.1 Å². The van der Waals surface area contributed by atoms with Crippen molar-refractivity contribution < 1.29 is 19.1 Å². The van der Waals surface area contributed by atoms with Crippen molar-refractivity contribution >= 4 is 0 Å². The molecule has 3 fully saturated rings. The Morgan fingerprint density at radius 2 is 1.86 bits per heavy atom. The van der Waals surface area contributed by atoms with E-state index in [-0.39, 0.29) is 6.23 Å². The number of hydrogen-bond acceptors (Lipinski definition) is 3. The summed E-state index contributed by atoms with van der Waals surface area (Å²) >= 11 is 0. The summed E-state index contributed by atoms with van der Waals surface area (Å²) in [6, 6.07) is 0.515. The summed E-state index contributed by atoms with van der Waals surface area (Å²) in [7, 11) is 6.06. The Balaban J connectivity index is 1.87. The fourth-order valence-electron chi connectivity index (χ4n) is 5.23. The van der Waals surface area contributed by atoms with Crippen LogP contribution in [0.3, 0.4) is 0 Å². The minimum Gasteiger partial charge on any atom is -0.380 e. The van der Waals surface area contributed by atoms with E-state index in [9.17, 15) is 0 Å². The van der Waals surface area contributed by atoms with Gasteiger partial charge in [0.05, 0.1) is 25.2 Å². The van der Waals surface area contributed by atoms with E-state index in [2.05, 4.69) is 20.9 Å². The molecule has 0 amide bonds. The second-order valence-electron chi connectivity index (χ2n) is 7.58. The van der Waals surface area contributed by atoms with E-state index in [4.69, 9.17) is 14.2 Å². The van der Waals surface area contributed by atoms with Gasteiger partial charge in [-0.25, -0.2) is 0 Å². The molecular weight excluding hydrogens is 266 g/mol. The van der Waals surface area contributed by atoms with Gasteiger partial charge in [0.2, 0.25) is 0 Å². The van der Waals surface area contributed by atoms with Gasteiger partial charge >= 0.3 is 0 Å². The third-order valence-corrected chi connectivity index (χ3v) is 6.24. The molecule has 122 valence electrons. The lowest BCUT2D eigenvalue weighted by atomic mass is 9.70. The van der Waals surface area contributed by atoms with Crippen LogP contribution in [0.5, 0.6) is 0 Å². The number of hydrogen-bond donors (Lipinski definition) is 1. The maximum atomic E-state index is 6.44. The first-order valence-corrected chi connectivity index (χ1v) is 8.62. The molecule has 3 rings (SSSR count). The van der Waals surface area contributed by atoms with E-state index in [1.54, 1.807) is 0 Å². The summed E-state index contributed by atoms with van der Waals surface area (Å²) in [5.74, 6) is 1.74. The van der Waals surface area contributed by atoms with Crippen molar-refractivity contribution in [3.05, 3.63) is 0 Å². The van der Waals surface area contributed by atoms with Gasteiger partial charge in [0.25, 0.3) is 0 Å². The van der Waals surface area contributed by atoms with Gasteiger partial charge in [-0.05, 0) is 25.2 Å². The van der Waals surface area contributed by atoms with Crippen LogP contribution in [0, 0.1) is 17.8 Å². The molecule has 8 atom stereocenters. The summed E-state index contributed by atoms with van der Waals surface area (Å²) < 4.78 is 18.2. The van der Waals surface area contributed by atoms with Crippen LogP contribution in [0.2, 0.25) is 0 Å². The summed E-state index contributed by atoms with van der Waals surface area (Å²) in [6.07, 6.45) is 6.21. The average molecular weight is 298 g/mol. The maximum absolute atomic E-state index is 6.44. The van der Waals surface area contributed by atoms with Crippen molar-refractivity contribution in [2.24, 2.45) is 17.8 Å². The van der Waals surface area contributed by atoms with Gasteiger partial charge in [-0.1, -0.05) is 20.3 Å². The van der Waals surface area contributed by atoms with Crippen molar-refractivity contribution in [2.45, 2.75) is 70.1 Å². The maximum Gasteiger partial charge on any atom is 0.197 e. The van der Waals surface area contributed by atoms with Gasteiger partial charge in [-0.15, -0.1) is 0 Å². The van der Waals surface area contributed by atoms with Crippen LogP contribution >= 0.6 is 0 Å². The third kappa shape index (κ3) is 2.54. The van der Waals surface area contributed by atoms with Crippen LogP contribution in [0.1, 0.15) is 39.5 Å². The molecule has 2 aliphatic heterocycles. The molecule has 1 aliphatic carbocycles. The monoisotopic (exact) mass is 298 g/mol. The van der Waals surface area contributed by atoms with Gasteiger partial charge in [-0.3, -0.25) is 0 Å². The standard InChI is InChI=1S/C17H31NO3/c1-10(2)14-9-12-16(20-5)11-7-6-8-13(19-4)15(11)18(3)17(12)21-14/h10-17H,6-9H2,1-5H3/p+1/t11?,12?,13?,14-,15?,16?,17?/m1/s1. The molecule has 1 N–H and O–H groups in total. The molecule has 2 saturated heterocycles. The van der Waals surface area contributed by atoms with Gasteiger partial charge in [-0.2, -0.15) is 0 Å². The van der Waals surface area contributed by atoms with E-state index >= 15 is 0 Å². The zero-order chi connectivity index (χ0) is 15.1. The molecule has 0 aromatic carbocycles. The highest BCUT2D eigenvalue weighted by Crippen LogP contribution is 2.41. The van der Waals surface area contributed by atoms with Crippen LogP contribution in [0.4, 0.5) is 0 Å². The molecule has 21 heavy (non-hydrogen) atoms. The Hall–Kier alpha value is -0.160. The van der Waals surface area contributed by atoms with E-state index in [1.165, 1.54) is 24.2 Å². The van der Waals surface area contributed by atoms with Gasteiger partial charge in [0.15, 0.2) is 6.23 Å². The van der Waals surface area contributed by atoms with Crippen molar-refractivity contribution in [1.29, 1.82) is 0 Å². The van der Waals surface area contributed by atoms with Crippen LogP contribution < -0.4 is 4.90 Å². The van der Waals surface area contributed by atoms with E-state index in [0.29, 0.717) is 42.1 Å². The minimum absolute atomic E-state index is 0.277. The predicted molar refractivity (Wildman–Crippen MR) is 81.2 cm³/mol. The average Bonchev–Trinajstić information content (AvgIpc) is 2.92. The molecule has 4 heteroatoms. The Labute approximate surface area is 129 Å². The van der Waals surface area contributed by atoms with Crippen LogP contribution in [0.25, 0.3) is 0 Å². The number of likely N-dealkylation sites (tertiary alicyclic amines) is 1. The van der Waals surface area contributed by atoms with Gasteiger partial charge in [0.1, 0.15) is 12.1 Å². The van der Waals surface area contributed by atoms with Crippen molar-refractivity contribution in [3.8, 4) is 0 Å². The highest BCUT2D eigenvalue weighted by molar-refractivity contribution is 4.97. The summed E-state index contributed by atoms with van der Waals surface area (Å²) in [6.45, 7) is 4.54. The number of methoxy groups -OCH3 is 2. The first kappa shape index (κ1) is 15.7. The zero-order valence-electron chi connectivity index (χ0n) is 14.2. The van der Waals surface area contributed by atoms with Crippen molar-refractivity contribution in [1.82, 2.24) is 0 Å². The summed E-state index contributed by atoms with van der Waals surface area (Å²) in [5, 5.41) is 0. The topological polar surface area (TPSA) is 32.1 Å². The summed E-state index contributed by atoms with van der Waals surface area (Å²) in [4.78, 5) is 1.52. The minimum atomic E-state index is 0.277. The molecule has 7 unspecified atom stereocenters. The molecular formula is C17H32NO3+. The van der Waals surface area contributed by atoms with Crippen molar-refractivity contribution in [3.63, 3.8) is 0 Å². The highest BCUT2D eigenvalue weighted by Gasteiger charge is 2.59. The number of piperidine rings is 1. The molecule has 4 nitrogen and oxygen atoms in total. The highest BCUT2D eigenvalue weighted by atomic mass is 16.5. The fraction of sp³-hybridized carbons (Fsp3) is 1.00. The van der Waals surface area contributed by atoms with Crippen molar-refractivity contribution in [2.75, 3.05) is 21.3 Å². The van der Waals surface area contributed by atoms with Crippen LogP contribution in [-0.4, -0.2) is 51.8 Å². The number of ether oxygens (including phenoxy) is 3. The molecule has 0 aromatic heterocycles. The molecule has 0 radical (unpaired) electrons. The first-order chi connectivity index (χ1) is 10.1. The Bertz CT molecular complexity index is 362. The molecule has 1 saturated carbocycles. The lowest BCUT2D eigenvalue weighted by Gasteiger charge is -2.50. The van der Waals surface area contributed by atoms with Crippen LogP contribution in [0.15, 0.2) is 0 Å². The Kier molecular flexibility index (Phi) is 4.60. The quantitative estimate of drug-likeness (QED) is 0.847. The second kappa shape index (κ2) is 6.15. The van der Waals surface area contributed by atoms with E-state index in [0.717, 1.165) is 6.42 Å². The normalized spacial score (nSPS) is 50.0. The smallest absolute Gasteiger partial charge is 0.197 e. The number of nitrogens with one attached hydrogen (secondary N) is 1. The molecule has 0 aromatic rings. The molecule has 0 spiro atoms. The first-order valence-electron chi connectivity index (χ1n) is 8.62. The van der Waals surface area contributed by atoms with E-state index < -0.39 is 0 Å². The van der Waals surface area contributed by atoms with Gasteiger partial charge in [0, 0.05) is 20.1 Å². The second-order valence-corrected chi connectivity index (χ2v) is 7.58. The molecule has 0 bridgehead atoms. The predicted octanol–water partition coefficient (Wildman–Crippen LogP) is 1.10. The molecule has 3 aliphatic rings. The van der Waals surface area contributed by atoms with Crippen LogP contribution in [-0.2, 0) is 14.2 Å². The fourth-order valence-corrected chi connectivity index (χ4v) is 5.23. The van der Waals surface area contributed by atoms with E-state index in [1.807, 2.05) is 14.2 Å². The number of fused-ring (bicyclic) bond motifs is 2. The lowest BCUT2D eigenvalue weighted by Crippen LogP contribution is -3.21. The Morgan fingerprint density at radius 3 is 2.48 bits per heavy atom. The molecule has 2 heterocycles. The zero-order valence-corrected chi connectivity index (χ0v) is 14.2.